The van der Waals surface area contributed by atoms with Gasteiger partial charge in [-0.25, -0.2) is 8.42 Å². The molecule has 11 heteroatoms. The van der Waals surface area contributed by atoms with Crippen molar-refractivity contribution in [1.29, 1.82) is 0 Å². The predicted octanol–water partition coefficient (Wildman–Crippen LogP) is 4.48. The topological polar surface area (TPSA) is 129 Å². The molecule has 2 heterocycles. The third-order valence-corrected chi connectivity index (χ3v) is 9.31. The Hall–Kier alpha value is -4.77. The van der Waals surface area contributed by atoms with Gasteiger partial charge >= 0.3 is 0 Å². The average Bonchev–Trinajstić information content (AvgIpc) is 3.74. The first-order valence-electron chi connectivity index (χ1n) is 13.7. The van der Waals surface area contributed by atoms with E-state index in [4.69, 9.17) is 14.2 Å². The summed E-state index contributed by atoms with van der Waals surface area (Å²) in [6, 6.07) is 15.9. The number of methoxy groups -OCH3 is 3. The van der Waals surface area contributed by atoms with Gasteiger partial charge in [-0.2, -0.15) is 0 Å². The molecule has 10 nitrogen and oxygen atoms in total. The van der Waals surface area contributed by atoms with E-state index in [1.165, 1.54) is 18.8 Å². The van der Waals surface area contributed by atoms with Crippen LogP contribution in [0.1, 0.15) is 29.5 Å². The van der Waals surface area contributed by atoms with Gasteiger partial charge in [0.2, 0.25) is 15.9 Å². The number of benzene rings is 3. The van der Waals surface area contributed by atoms with Crippen LogP contribution < -0.4 is 24.5 Å². The molecule has 6 rings (SSSR count). The summed E-state index contributed by atoms with van der Waals surface area (Å²) in [5.74, 6) is 0.537. The highest BCUT2D eigenvalue weighted by Gasteiger charge is 2.53. The number of nitrogens with zero attached hydrogens (tertiary/aromatic N) is 1. The van der Waals surface area contributed by atoms with Crippen molar-refractivity contribution in [2.45, 2.75) is 30.9 Å². The molecule has 1 aliphatic carbocycles. The molecule has 2 aromatic heterocycles. The summed E-state index contributed by atoms with van der Waals surface area (Å²) in [4.78, 5) is 30.1. The van der Waals surface area contributed by atoms with Crippen molar-refractivity contribution in [3.8, 4) is 22.9 Å². The first-order chi connectivity index (χ1) is 20.6. The number of aryl methyl sites for hydroxylation is 1. The molecule has 0 aliphatic heterocycles. The Balaban J connectivity index is 1.31. The minimum Gasteiger partial charge on any atom is -0.496 e. The number of H-pyrrole nitrogens is 1. The zero-order chi connectivity index (χ0) is 30.5. The van der Waals surface area contributed by atoms with Gasteiger partial charge in [0.1, 0.15) is 11.5 Å². The van der Waals surface area contributed by atoms with Crippen molar-refractivity contribution in [3.05, 3.63) is 94.0 Å². The number of hydrogen-bond donors (Lipinski definition) is 2. The number of hydrogen-bond acceptors (Lipinski definition) is 7. The number of para-hydroxylation sites is 1. The highest BCUT2D eigenvalue weighted by Crippen LogP contribution is 2.51. The summed E-state index contributed by atoms with van der Waals surface area (Å²) in [6.45, 7) is 1.80. The summed E-state index contributed by atoms with van der Waals surface area (Å²) < 4.78 is 46.8. The Bertz CT molecular complexity index is 2070. The van der Waals surface area contributed by atoms with Crippen LogP contribution in [0.25, 0.3) is 27.4 Å². The summed E-state index contributed by atoms with van der Waals surface area (Å²) in [6.07, 6.45) is 4.54. The monoisotopic (exact) mass is 601 g/mol. The molecular weight excluding hydrogens is 570 g/mol. The maximum Gasteiger partial charge on any atom is 0.266 e. The fourth-order valence-electron chi connectivity index (χ4n) is 5.92. The summed E-state index contributed by atoms with van der Waals surface area (Å²) in [5, 5.41) is 1.67. The second-order valence-corrected chi connectivity index (χ2v) is 12.4. The van der Waals surface area contributed by atoms with E-state index >= 15 is 0 Å². The molecule has 0 unspecified atom stereocenters. The Kier molecular flexibility index (Phi) is 6.92. The number of nitrogens with one attached hydrogen (secondary N) is 2. The van der Waals surface area contributed by atoms with E-state index in [-0.39, 0.29) is 5.56 Å². The molecule has 0 atom stereocenters. The number of fused-ring (bicyclic) bond motifs is 2. The number of carbonyl (C=O) groups is 1. The fraction of sp³-hybridized carbons (Fsp3) is 0.250. The van der Waals surface area contributed by atoms with E-state index in [0.717, 1.165) is 0 Å². The number of ether oxygens (including phenoxy) is 3. The number of carbonyl (C=O) groups excluding carboxylic acids is 1. The van der Waals surface area contributed by atoms with Gasteiger partial charge in [0.05, 0.1) is 54.5 Å². The normalized spacial score (nSPS) is 14.0. The predicted molar refractivity (Wildman–Crippen MR) is 164 cm³/mol. The maximum atomic E-state index is 13.7. The highest BCUT2D eigenvalue weighted by molar-refractivity contribution is 7.89. The molecule has 5 aromatic rings. The van der Waals surface area contributed by atoms with Gasteiger partial charge in [0.15, 0.2) is 5.75 Å². The summed E-state index contributed by atoms with van der Waals surface area (Å²) >= 11 is 0. The van der Waals surface area contributed by atoms with Crippen molar-refractivity contribution in [3.63, 3.8) is 0 Å². The van der Waals surface area contributed by atoms with Gasteiger partial charge in [-0.1, -0.05) is 30.3 Å². The molecule has 1 fully saturated rings. The second-order valence-electron chi connectivity index (χ2n) is 10.7. The van der Waals surface area contributed by atoms with Crippen molar-refractivity contribution in [2.24, 2.45) is 0 Å². The molecule has 0 radical (unpaired) electrons. The third-order valence-electron chi connectivity index (χ3n) is 8.10. The van der Waals surface area contributed by atoms with Crippen LogP contribution in [0.2, 0.25) is 0 Å². The van der Waals surface area contributed by atoms with Gasteiger partial charge in [0, 0.05) is 23.3 Å². The zero-order valence-electron chi connectivity index (χ0n) is 24.2. The van der Waals surface area contributed by atoms with Crippen LogP contribution in [-0.4, -0.2) is 45.2 Å². The van der Waals surface area contributed by atoms with Gasteiger partial charge in [-0.05, 0) is 55.2 Å². The maximum absolute atomic E-state index is 13.7. The first-order valence-corrected chi connectivity index (χ1v) is 15.3. The molecule has 43 heavy (non-hydrogen) atoms. The van der Waals surface area contributed by atoms with Crippen LogP contribution in [0.5, 0.6) is 17.2 Å². The van der Waals surface area contributed by atoms with Gasteiger partial charge < -0.3 is 19.2 Å². The lowest BCUT2D eigenvalue weighted by atomic mass is 9.94. The Morgan fingerprint density at radius 1 is 0.977 bits per heavy atom. The molecule has 0 spiro atoms. The van der Waals surface area contributed by atoms with Crippen molar-refractivity contribution in [1.82, 2.24) is 14.3 Å². The van der Waals surface area contributed by atoms with Crippen molar-refractivity contribution in [2.75, 3.05) is 21.3 Å². The number of pyridine rings is 1. The first kappa shape index (κ1) is 28.4. The number of aromatic nitrogens is 2. The number of sulfonamides is 1. The smallest absolute Gasteiger partial charge is 0.266 e. The molecule has 0 bridgehead atoms. The average molecular weight is 602 g/mol. The fourth-order valence-corrected chi connectivity index (χ4v) is 7.09. The lowest BCUT2D eigenvalue weighted by Gasteiger charge is -2.18. The standard InChI is InChI=1S/C32H31N3O7S/c1-19-16-20(18-43(38,39)34-31(37)32(13-14-32)23-9-5-6-10-25(23)40-2)11-12-24(19)35-17-22-26(30(35)36)28(41-3)21-8-7-15-33-27(21)29(22)42-4/h5-12,15-17,33H,13-14,18H2,1-4H3,(H,34,37). The largest absolute Gasteiger partial charge is 0.496 e. The molecule has 1 saturated carbocycles. The highest BCUT2D eigenvalue weighted by atomic mass is 32.2. The minimum atomic E-state index is -4.01. The minimum absolute atomic E-state index is 0.294. The molecule has 1 aliphatic rings. The van der Waals surface area contributed by atoms with E-state index in [1.54, 1.807) is 68.9 Å². The number of rotatable bonds is 9. The van der Waals surface area contributed by atoms with Crippen molar-refractivity contribution >= 4 is 37.6 Å². The van der Waals surface area contributed by atoms with Crippen LogP contribution in [0.3, 0.4) is 0 Å². The molecular formula is C32H31N3O7S. The quantitative estimate of drug-likeness (QED) is 0.255. The molecule has 222 valence electrons. The van der Waals surface area contributed by atoms with E-state index in [0.29, 0.717) is 74.1 Å². The van der Waals surface area contributed by atoms with Crippen molar-refractivity contribution < 1.29 is 27.4 Å². The van der Waals surface area contributed by atoms with Gasteiger partial charge in [-0.3, -0.25) is 18.9 Å². The summed E-state index contributed by atoms with van der Waals surface area (Å²) in [7, 11) is 0.575. The third kappa shape index (κ3) is 4.69. The molecule has 3 aromatic carbocycles. The Morgan fingerprint density at radius 3 is 2.40 bits per heavy atom. The zero-order valence-corrected chi connectivity index (χ0v) is 25.0. The number of amides is 1. The van der Waals surface area contributed by atoms with E-state index in [9.17, 15) is 18.0 Å². The Labute approximate surface area is 248 Å². The molecule has 1 amide bonds. The van der Waals surface area contributed by atoms with Crippen LogP contribution in [-0.2, 0) is 26.0 Å². The molecule has 0 saturated heterocycles. The Morgan fingerprint density at radius 2 is 1.72 bits per heavy atom. The van der Waals surface area contributed by atoms with E-state index in [2.05, 4.69) is 9.71 Å². The number of aromatic amines is 1. The van der Waals surface area contributed by atoms with Crippen LogP contribution in [0, 0.1) is 6.92 Å². The lowest BCUT2D eigenvalue weighted by molar-refractivity contribution is -0.121. The second kappa shape index (κ2) is 10.5. The van der Waals surface area contributed by atoms with Gasteiger partial charge in [0.25, 0.3) is 5.56 Å². The van der Waals surface area contributed by atoms with Crippen LogP contribution >= 0.6 is 0 Å². The lowest BCUT2D eigenvalue weighted by Crippen LogP contribution is -2.39. The van der Waals surface area contributed by atoms with E-state index in [1.807, 2.05) is 12.1 Å². The van der Waals surface area contributed by atoms with E-state index < -0.39 is 27.1 Å². The SMILES string of the molecule is COc1ccccc1C1(C(=O)NS(=O)(=O)Cc2ccc(-n3cc4c(OC)c5[nH]cccc5c(OC)c4c3=O)c(C)c2)CC1. The van der Waals surface area contributed by atoms with Crippen LogP contribution in [0.4, 0.5) is 0 Å². The van der Waals surface area contributed by atoms with Crippen LogP contribution in [0.15, 0.2) is 71.8 Å². The summed E-state index contributed by atoms with van der Waals surface area (Å²) in [5.41, 5.74) is 1.89. The molecule has 2 N–H and O–H groups in total. The van der Waals surface area contributed by atoms with Gasteiger partial charge in [-0.15, -0.1) is 0 Å².